The van der Waals surface area contributed by atoms with Gasteiger partial charge in [0, 0.05) is 19.5 Å². The zero-order chi connectivity index (χ0) is 13.7. The predicted octanol–water partition coefficient (Wildman–Crippen LogP) is 1.98. The van der Waals surface area contributed by atoms with Crippen LogP contribution in [0.4, 0.5) is 0 Å². The molecule has 1 aromatic carbocycles. The van der Waals surface area contributed by atoms with E-state index in [1.165, 1.54) is 0 Å². The molecule has 7 heteroatoms. The lowest BCUT2D eigenvalue weighted by Crippen LogP contribution is -2.31. The first-order valence-corrected chi connectivity index (χ1v) is 6.57. The first-order chi connectivity index (χ1) is 9.20. The van der Waals surface area contributed by atoms with Crippen molar-refractivity contribution in [1.82, 2.24) is 14.9 Å². The number of aryl methyl sites for hydroxylation is 1. The summed E-state index contributed by atoms with van der Waals surface area (Å²) in [7, 11) is 0. The second-order valence-electron chi connectivity index (χ2n) is 4.82. The average molecular weight is 333 g/mol. The maximum absolute atomic E-state index is 11.7. The van der Waals surface area contributed by atoms with Crippen LogP contribution in [0.5, 0.6) is 0 Å². The van der Waals surface area contributed by atoms with E-state index in [0.29, 0.717) is 32.0 Å². The van der Waals surface area contributed by atoms with E-state index in [4.69, 9.17) is 5.73 Å². The smallest absolute Gasteiger partial charge is 0.221 e. The number of halogens is 2. The van der Waals surface area contributed by atoms with Crippen LogP contribution in [0, 0.1) is 5.92 Å². The van der Waals surface area contributed by atoms with E-state index in [1.54, 1.807) is 6.33 Å². The number of carbonyl (C=O) groups is 1. The van der Waals surface area contributed by atoms with Crippen LogP contribution in [-0.4, -0.2) is 28.5 Å². The van der Waals surface area contributed by atoms with E-state index in [2.05, 4.69) is 10.3 Å². The molecule has 0 saturated heterocycles. The molecule has 0 bridgehead atoms. The number of hydrogen-bond donors (Lipinski definition) is 2. The largest absolute Gasteiger partial charge is 0.356 e. The Kier molecular flexibility index (Phi) is 9.01. The van der Waals surface area contributed by atoms with Crippen molar-refractivity contribution in [3.8, 4) is 0 Å². The van der Waals surface area contributed by atoms with E-state index >= 15 is 0 Å². The van der Waals surface area contributed by atoms with Crippen molar-refractivity contribution in [3.63, 3.8) is 0 Å². The summed E-state index contributed by atoms with van der Waals surface area (Å²) in [4.78, 5) is 16.0. The molecule has 118 valence electrons. The van der Waals surface area contributed by atoms with E-state index in [-0.39, 0.29) is 30.7 Å². The third-order valence-corrected chi connectivity index (χ3v) is 3.16. The van der Waals surface area contributed by atoms with Gasteiger partial charge in [-0.05, 0) is 24.6 Å². The van der Waals surface area contributed by atoms with Crippen molar-refractivity contribution in [2.45, 2.75) is 19.9 Å². The number of amides is 1. The SMILES string of the molecule is CC(CN)CNC(=O)CCn1cnc2ccccc21.Cl.Cl. The summed E-state index contributed by atoms with van der Waals surface area (Å²) in [5.74, 6) is 0.371. The fourth-order valence-corrected chi connectivity index (χ4v) is 1.87. The molecular weight excluding hydrogens is 311 g/mol. The summed E-state index contributed by atoms with van der Waals surface area (Å²) in [5, 5.41) is 2.89. The Morgan fingerprint density at radius 3 is 2.81 bits per heavy atom. The normalized spacial score (nSPS) is 11.3. The molecule has 0 fully saturated rings. The summed E-state index contributed by atoms with van der Waals surface area (Å²) < 4.78 is 2.00. The Balaban J connectivity index is 0.00000200. The van der Waals surface area contributed by atoms with Crippen molar-refractivity contribution >= 4 is 41.8 Å². The Morgan fingerprint density at radius 1 is 1.38 bits per heavy atom. The lowest BCUT2D eigenvalue weighted by molar-refractivity contribution is -0.121. The van der Waals surface area contributed by atoms with E-state index in [1.807, 2.05) is 35.8 Å². The summed E-state index contributed by atoms with van der Waals surface area (Å²) in [6, 6.07) is 7.91. The highest BCUT2D eigenvalue weighted by molar-refractivity contribution is 5.85. The van der Waals surface area contributed by atoms with Gasteiger partial charge in [-0.1, -0.05) is 19.1 Å². The molecule has 1 aromatic heterocycles. The van der Waals surface area contributed by atoms with E-state index in [9.17, 15) is 4.79 Å². The number of fused-ring (bicyclic) bond motifs is 1. The molecule has 2 rings (SSSR count). The van der Waals surface area contributed by atoms with Crippen LogP contribution >= 0.6 is 24.8 Å². The highest BCUT2D eigenvalue weighted by Gasteiger charge is 2.06. The van der Waals surface area contributed by atoms with Gasteiger partial charge < -0.3 is 15.6 Å². The van der Waals surface area contributed by atoms with Gasteiger partial charge in [-0.2, -0.15) is 0 Å². The Bertz CT molecular complexity index is 559. The van der Waals surface area contributed by atoms with Gasteiger partial charge in [0.2, 0.25) is 5.91 Å². The van der Waals surface area contributed by atoms with Crippen molar-refractivity contribution in [3.05, 3.63) is 30.6 Å². The standard InChI is InChI=1S/C14H20N4O.2ClH/c1-11(8-15)9-16-14(19)6-7-18-10-17-12-4-2-3-5-13(12)18;;/h2-5,10-11H,6-9,15H2,1H3,(H,16,19);2*1H. The maximum atomic E-state index is 11.7. The summed E-state index contributed by atoms with van der Waals surface area (Å²) in [6.07, 6.45) is 2.23. The van der Waals surface area contributed by atoms with Gasteiger partial charge in [0.15, 0.2) is 0 Å². The molecule has 1 unspecified atom stereocenters. The third-order valence-electron chi connectivity index (χ3n) is 3.16. The van der Waals surface area contributed by atoms with Gasteiger partial charge in [0.05, 0.1) is 17.4 Å². The first-order valence-electron chi connectivity index (χ1n) is 6.57. The van der Waals surface area contributed by atoms with Crippen molar-refractivity contribution in [1.29, 1.82) is 0 Å². The molecule has 0 radical (unpaired) electrons. The fourth-order valence-electron chi connectivity index (χ4n) is 1.87. The number of imidazole rings is 1. The van der Waals surface area contributed by atoms with E-state index in [0.717, 1.165) is 11.0 Å². The molecule has 1 amide bonds. The summed E-state index contributed by atoms with van der Waals surface area (Å²) in [6.45, 7) is 3.89. The first kappa shape index (κ1) is 19.7. The van der Waals surface area contributed by atoms with Crippen LogP contribution in [0.3, 0.4) is 0 Å². The molecule has 1 heterocycles. The second-order valence-corrected chi connectivity index (χ2v) is 4.82. The molecule has 0 saturated carbocycles. The quantitative estimate of drug-likeness (QED) is 0.849. The fraction of sp³-hybridized carbons (Fsp3) is 0.429. The lowest BCUT2D eigenvalue weighted by Gasteiger charge is -2.10. The molecule has 0 aliphatic rings. The van der Waals surface area contributed by atoms with Gasteiger partial charge in [0.1, 0.15) is 0 Å². The van der Waals surface area contributed by atoms with Crippen LogP contribution < -0.4 is 11.1 Å². The topological polar surface area (TPSA) is 72.9 Å². The molecular formula is C14H22Cl2N4O. The third kappa shape index (κ3) is 5.53. The number of hydrogen-bond acceptors (Lipinski definition) is 3. The monoisotopic (exact) mass is 332 g/mol. The van der Waals surface area contributed by atoms with Gasteiger partial charge in [0.25, 0.3) is 0 Å². The molecule has 2 aromatic rings. The molecule has 5 nitrogen and oxygen atoms in total. The number of nitrogens with zero attached hydrogens (tertiary/aromatic N) is 2. The second kappa shape index (κ2) is 9.60. The van der Waals surface area contributed by atoms with Crippen molar-refractivity contribution < 1.29 is 4.79 Å². The lowest BCUT2D eigenvalue weighted by atomic mass is 10.2. The zero-order valence-corrected chi connectivity index (χ0v) is 13.6. The van der Waals surface area contributed by atoms with Gasteiger partial charge in [-0.3, -0.25) is 4.79 Å². The Labute approximate surface area is 137 Å². The zero-order valence-electron chi connectivity index (χ0n) is 12.0. The number of rotatable bonds is 6. The Morgan fingerprint density at radius 2 is 2.10 bits per heavy atom. The Hall–Kier alpha value is -1.30. The number of nitrogens with two attached hydrogens (primary N) is 1. The van der Waals surface area contributed by atoms with Gasteiger partial charge in [-0.25, -0.2) is 4.98 Å². The molecule has 0 spiro atoms. The summed E-state index contributed by atoms with van der Waals surface area (Å²) >= 11 is 0. The van der Waals surface area contributed by atoms with Crippen LogP contribution in [-0.2, 0) is 11.3 Å². The predicted molar refractivity (Wildman–Crippen MR) is 90.1 cm³/mol. The van der Waals surface area contributed by atoms with Crippen molar-refractivity contribution in [2.75, 3.05) is 13.1 Å². The van der Waals surface area contributed by atoms with Gasteiger partial charge >= 0.3 is 0 Å². The number of benzene rings is 1. The highest BCUT2D eigenvalue weighted by atomic mass is 35.5. The van der Waals surface area contributed by atoms with Gasteiger partial charge in [-0.15, -0.1) is 24.8 Å². The molecule has 21 heavy (non-hydrogen) atoms. The minimum Gasteiger partial charge on any atom is -0.356 e. The number of carbonyl (C=O) groups excluding carboxylic acids is 1. The molecule has 0 aliphatic heterocycles. The number of para-hydroxylation sites is 2. The average Bonchev–Trinajstić information content (AvgIpc) is 2.85. The maximum Gasteiger partial charge on any atom is 0.221 e. The van der Waals surface area contributed by atoms with E-state index < -0.39 is 0 Å². The van der Waals surface area contributed by atoms with Crippen molar-refractivity contribution in [2.24, 2.45) is 11.7 Å². The molecule has 0 aliphatic carbocycles. The van der Waals surface area contributed by atoms with Crippen LogP contribution in [0.15, 0.2) is 30.6 Å². The number of nitrogens with one attached hydrogen (secondary N) is 1. The van der Waals surface area contributed by atoms with Crippen LogP contribution in [0.25, 0.3) is 11.0 Å². The number of aromatic nitrogens is 2. The molecule has 3 N–H and O–H groups in total. The minimum atomic E-state index is 0. The van der Waals surface area contributed by atoms with Crippen LogP contribution in [0.1, 0.15) is 13.3 Å². The highest BCUT2D eigenvalue weighted by Crippen LogP contribution is 2.11. The minimum absolute atomic E-state index is 0. The van der Waals surface area contributed by atoms with Crippen LogP contribution in [0.2, 0.25) is 0 Å². The molecule has 1 atom stereocenters. The summed E-state index contributed by atoms with van der Waals surface area (Å²) in [5.41, 5.74) is 7.53.